The van der Waals surface area contributed by atoms with E-state index in [0.29, 0.717) is 5.56 Å². The van der Waals surface area contributed by atoms with Crippen LogP contribution in [0.15, 0.2) is 18.2 Å². The molecule has 0 aliphatic carbocycles. The lowest BCUT2D eigenvalue weighted by Gasteiger charge is -2.12. The molecule has 1 rings (SSSR count). The zero-order chi connectivity index (χ0) is 11.6. The van der Waals surface area contributed by atoms with Crippen LogP contribution in [0.4, 0.5) is 17.6 Å². The van der Waals surface area contributed by atoms with Crippen LogP contribution in [0.5, 0.6) is 0 Å². The fourth-order valence-corrected chi connectivity index (χ4v) is 1.29. The zero-order valence-electron chi connectivity index (χ0n) is 8.53. The summed E-state index contributed by atoms with van der Waals surface area (Å²) in [5.74, 6) is -0.0439. The minimum atomic E-state index is -4.41. The molecule has 1 unspecified atom stereocenters. The molecule has 0 aliphatic rings. The molecule has 0 N–H and O–H groups in total. The molecule has 1 atom stereocenters. The lowest BCUT2D eigenvalue weighted by molar-refractivity contribution is -0.137. The molecule has 15 heavy (non-hydrogen) atoms. The molecule has 82 valence electrons. The third-order valence-electron chi connectivity index (χ3n) is 2.16. The summed E-state index contributed by atoms with van der Waals surface area (Å²) in [6.07, 6.45) is -4.41. The molecule has 0 saturated carbocycles. The number of halogens is 4. The lowest BCUT2D eigenvalue weighted by Crippen LogP contribution is -2.07. The van der Waals surface area contributed by atoms with E-state index in [2.05, 4.69) is 0 Å². The highest BCUT2D eigenvalue weighted by Gasteiger charge is 2.31. The van der Waals surface area contributed by atoms with E-state index in [1.165, 1.54) is 6.07 Å². The molecule has 0 saturated heterocycles. The maximum atomic E-state index is 12.4. The molecular weight excluding hydrogens is 207 g/mol. The van der Waals surface area contributed by atoms with Crippen LogP contribution in [0.25, 0.3) is 0 Å². The molecular formula is C10H11BF4. The first-order valence-corrected chi connectivity index (χ1v) is 4.61. The molecule has 5 heteroatoms. The van der Waals surface area contributed by atoms with E-state index in [1.807, 2.05) is 0 Å². The monoisotopic (exact) mass is 218 g/mol. The van der Waals surface area contributed by atoms with E-state index in [1.54, 1.807) is 14.8 Å². The van der Waals surface area contributed by atoms with Gasteiger partial charge in [0.2, 0.25) is 0 Å². The predicted octanol–water partition coefficient (Wildman–Crippen LogP) is 2.87. The summed E-state index contributed by atoms with van der Waals surface area (Å²) in [5.41, 5.74) is -0.188. The highest BCUT2D eigenvalue weighted by atomic mass is 19.4. The third kappa shape index (κ3) is 2.98. The Bertz CT molecular complexity index is 344. The lowest BCUT2D eigenvalue weighted by atomic mass is 9.82. The number of hydrogen-bond acceptors (Lipinski definition) is 0. The Balaban J connectivity index is 3.23. The minimum absolute atomic E-state index is 0.0439. The number of alkyl halides is 4. The van der Waals surface area contributed by atoms with Gasteiger partial charge in [-0.15, -0.1) is 0 Å². The molecule has 1 aromatic rings. The summed E-state index contributed by atoms with van der Waals surface area (Å²) in [6, 6.07) is 3.40. The van der Waals surface area contributed by atoms with Gasteiger partial charge in [0.1, 0.15) is 14.5 Å². The van der Waals surface area contributed by atoms with Crippen molar-refractivity contribution in [1.29, 1.82) is 0 Å². The van der Waals surface area contributed by atoms with Crippen LogP contribution in [-0.2, 0) is 12.9 Å². The van der Waals surface area contributed by atoms with Crippen LogP contribution >= 0.6 is 0 Å². The smallest absolute Gasteiger partial charge is 0.246 e. The van der Waals surface area contributed by atoms with Gasteiger partial charge in [-0.3, -0.25) is 0 Å². The van der Waals surface area contributed by atoms with Crippen molar-refractivity contribution in [1.82, 2.24) is 0 Å². The zero-order valence-corrected chi connectivity index (χ0v) is 8.53. The third-order valence-corrected chi connectivity index (χ3v) is 2.16. The molecule has 0 amide bonds. The van der Waals surface area contributed by atoms with E-state index in [-0.39, 0.29) is 11.4 Å². The maximum Gasteiger partial charge on any atom is 0.416 e. The van der Waals surface area contributed by atoms with Crippen molar-refractivity contribution in [3.8, 4) is 0 Å². The molecule has 0 nitrogen and oxygen atoms in total. The van der Waals surface area contributed by atoms with Crippen molar-refractivity contribution in [2.45, 2.75) is 25.6 Å². The second kappa shape index (κ2) is 4.25. The summed E-state index contributed by atoms with van der Waals surface area (Å²) in [4.78, 5) is 0. The molecule has 0 radical (unpaired) electrons. The highest BCUT2D eigenvalue weighted by Crippen LogP contribution is 2.32. The van der Waals surface area contributed by atoms with Crippen LogP contribution in [0.3, 0.4) is 0 Å². The summed E-state index contributed by atoms with van der Waals surface area (Å²) in [6.45, 7) is 0.904. The first-order chi connectivity index (χ1) is 6.84. The molecule has 0 bridgehead atoms. The van der Waals surface area contributed by atoms with Crippen LogP contribution in [-0.4, -0.2) is 7.85 Å². The first kappa shape index (κ1) is 12.1. The normalized spacial score (nSPS) is 13.9. The van der Waals surface area contributed by atoms with Gasteiger partial charge in [-0.1, -0.05) is 18.6 Å². The van der Waals surface area contributed by atoms with E-state index in [9.17, 15) is 17.6 Å². The van der Waals surface area contributed by atoms with Gasteiger partial charge in [-0.25, -0.2) is 4.39 Å². The topological polar surface area (TPSA) is 0 Å². The van der Waals surface area contributed by atoms with Crippen molar-refractivity contribution < 1.29 is 17.6 Å². The Kier molecular flexibility index (Phi) is 3.42. The van der Waals surface area contributed by atoms with E-state index < -0.39 is 18.4 Å². The van der Waals surface area contributed by atoms with Crippen molar-refractivity contribution in [3.05, 3.63) is 34.9 Å². The molecule has 0 heterocycles. The summed E-state index contributed by atoms with van der Waals surface area (Å²) in [5, 5.41) is 0. The van der Waals surface area contributed by atoms with Crippen molar-refractivity contribution >= 4 is 7.85 Å². The fourth-order valence-electron chi connectivity index (χ4n) is 1.29. The van der Waals surface area contributed by atoms with Gasteiger partial charge in [0.05, 0.1) is 5.56 Å². The van der Waals surface area contributed by atoms with Gasteiger partial charge in [0.25, 0.3) is 0 Å². The van der Waals surface area contributed by atoms with Gasteiger partial charge in [0.15, 0.2) is 0 Å². The number of hydrogen-bond donors (Lipinski definition) is 0. The molecule has 0 fully saturated rings. The summed E-state index contributed by atoms with van der Waals surface area (Å²) < 4.78 is 49.6. The average molecular weight is 218 g/mol. The van der Waals surface area contributed by atoms with E-state index in [0.717, 1.165) is 12.1 Å². The van der Waals surface area contributed by atoms with Gasteiger partial charge in [-0.2, -0.15) is 13.2 Å². The Hall–Kier alpha value is -0.995. The number of rotatable bonds is 2. The van der Waals surface area contributed by atoms with Crippen LogP contribution in [0.1, 0.15) is 29.4 Å². The standard InChI is InChI=1S/C10H11BF4/c1-6(11)8-2-7(5-12)3-9(4-8)10(13,14)15/h2-4,6H,5,11H2,1H3. The highest BCUT2D eigenvalue weighted by molar-refractivity contribution is 6.12. The van der Waals surface area contributed by atoms with Crippen LogP contribution in [0.2, 0.25) is 0 Å². The molecule has 1 aromatic carbocycles. The second-order valence-electron chi connectivity index (χ2n) is 3.75. The van der Waals surface area contributed by atoms with Gasteiger partial charge in [0, 0.05) is 0 Å². The van der Waals surface area contributed by atoms with Gasteiger partial charge in [-0.05, 0) is 23.5 Å². The second-order valence-corrected chi connectivity index (χ2v) is 3.75. The van der Waals surface area contributed by atoms with Crippen LogP contribution in [0, 0.1) is 0 Å². The van der Waals surface area contributed by atoms with Crippen molar-refractivity contribution in [3.63, 3.8) is 0 Å². The van der Waals surface area contributed by atoms with Crippen molar-refractivity contribution in [2.75, 3.05) is 0 Å². The van der Waals surface area contributed by atoms with Crippen LogP contribution < -0.4 is 0 Å². The van der Waals surface area contributed by atoms with E-state index in [4.69, 9.17) is 0 Å². The Morgan fingerprint density at radius 1 is 1.27 bits per heavy atom. The predicted molar refractivity (Wildman–Crippen MR) is 53.2 cm³/mol. The van der Waals surface area contributed by atoms with E-state index >= 15 is 0 Å². The average Bonchev–Trinajstić information content (AvgIpc) is 2.15. The number of benzene rings is 1. The van der Waals surface area contributed by atoms with Gasteiger partial charge < -0.3 is 0 Å². The first-order valence-electron chi connectivity index (χ1n) is 4.61. The maximum absolute atomic E-state index is 12.4. The molecule has 0 spiro atoms. The minimum Gasteiger partial charge on any atom is -0.246 e. The SMILES string of the molecule is BC(C)c1cc(CF)cc(C(F)(F)F)c1. The Morgan fingerprint density at radius 2 is 1.87 bits per heavy atom. The Morgan fingerprint density at radius 3 is 2.27 bits per heavy atom. The molecule has 0 aromatic heterocycles. The quantitative estimate of drug-likeness (QED) is 0.528. The molecule has 0 aliphatic heterocycles. The fraction of sp³-hybridized carbons (Fsp3) is 0.400. The largest absolute Gasteiger partial charge is 0.416 e. The summed E-state index contributed by atoms with van der Waals surface area (Å²) >= 11 is 0. The van der Waals surface area contributed by atoms with Crippen molar-refractivity contribution in [2.24, 2.45) is 0 Å². The Labute approximate surface area is 86.7 Å². The summed E-state index contributed by atoms with van der Waals surface area (Å²) in [7, 11) is 1.78. The van der Waals surface area contributed by atoms with Gasteiger partial charge >= 0.3 is 6.18 Å².